The number of para-hydroxylation sites is 1. The molecule has 1 heterocycles. The molecule has 0 aliphatic carbocycles. The van der Waals surface area contributed by atoms with Crippen LogP contribution in [0.2, 0.25) is 0 Å². The molecule has 3 N–H and O–H groups in total. The Morgan fingerprint density at radius 3 is 2.82 bits per heavy atom. The first-order valence-corrected chi connectivity index (χ1v) is 6.83. The molecular weight excluding hydrogens is 282 g/mol. The summed E-state index contributed by atoms with van der Waals surface area (Å²) >= 11 is 0. The molecule has 1 aliphatic heterocycles. The van der Waals surface area contributed by atoms with E-state index in [1.165, 1.54) is 0 Å². The molecule has 0 saturated carbocycles. The van der Waals surface area contributed by atoms with Gasteiger partial charge in [-0.15, -0.1) is 0 Å². The van der Waals surface area contributed by atoms with E-state index >= 15 is 0 Å². The molecule has 0 fully saturated rings. The minimum atomic E-state index is -0.996. The lowest BCUT2D eigenvalue weighted by Gasteiger charge is -2.14. The number of nitrogens with zero attached hydrogens (tertiary/aromatic N) is 1. The summed E-state index contributed by atoms with van der Waals surface area (Å²) < 4.78 is 0. The summed E-state index contributed by atoms with van der Waals surface area (Å²) in [4.78, 5) is 26.8. The van der Waals surface area contributed by atoms with Gasteiger partial charge in [0.1, 0.15) is 12.2 Å². The molecule has 0 atom stereocenters. The topological polar surface area (TPSA) is 90.8 Å². The summed E-state index contributed by atoms with van der Waals surface area (Å²) in [5, 5.41) is 14.4. The highest BCUT2D eigenvalue weighted by molar-refractivity contribution is 6.10. The number of aliphatic carboxylic acids is 1. The molecule has 0 saturated heterocycles. The summed E-state index contributed by atoms with van der Waals surface area (Å²) in [5.74, 6) is -1.24. The van der Waals surface area contributed by atoms with Crippen molar-refractivity contribution in [1.82, 2.24) is 5.32 Å². The van der Waals surface area contributed by atoms with E-state index in [4.69, 9.17) is 5.11 Å². The van der Waals surface area contributed by atoms with Crippen molar-refractivity contribution in [2.75, 3.05) is 11.9 Å². The molecule has 1 amide bonds. The molecule has 1 aromatic rings. The van der Waals surface area contributed by atoms with Crippen molar-refractivity contribution in [1.29, 1.82) is 0 Å². The van der Waals surface area contributed by atoms with Crippen LogP contribution in [0.15, 0.2) is 53.3 Å². The van der Waals surface area contributed by atoms with Crippen LogP contribution < -0.4 is 10.6 Å². The number of dihydropyridines is 1. The highest BCUT2D eigenvalue weighted by atomic mass is 16.4. The van der Waals surface area contributed by atoms with Gasteiger partial charge in [0, 0.05) is 11.3 Å². The SMILES string of the molecule is CC(=NCC(=O)O)c1ccccc1NC(=O)C1=CCC=CN1. The van der Waals surface area contributed by atoms with Crippen LogP contribution >= 0.6 is 0 Å². The summed E-state index contributed by atoms with van der Waals surface area (Å²) in [6.45, 7) is 1.42. The van der Waals surface area contributed by atoms with Crippen molar-refractivity contribution in [2.45, 2.75) is 13.3 Å². The van der Waals surface area contributed by atoms with E-state index in [0.29, 0.717) is 29.1 Å². The zero-order chi connectivity index (χ0) is 15.9. The number of allylic oxidation sites excluding steroid dienone is 2. The average molecular weight is 299 g/mol. The van der Waals surface area contributed by atoms with E-state index in [1.54, 1.807) is 37.4 Å². The van der Waals surface area contributed by atoms with Crippen molar-refractivity contribution in [2.24, 2.45) is 4.99 Å². The lowest BCUT2D eigenvalue weighted by atomic mass is 10.1. The van der Waals surface area contributed by atoms with Crippen LogP contribution in [0, 0.1) is 0 Å². The highest BCUT2D eigenvalue weighted by Gasteiger charge is 2.13. The third-order valence-corrected chi connectivity index (χ3v) is 3.08. The Kier molecular flexibility index (Phi) is 5.08. The quantitative estimate of drug-likeness (QED) is 0.724. The van der Waals surface area contributed by atoms with Crippen LogP contribution in [0.1, 0.15) is 18.9 Å². The summed E-state index contributed by atoms with van der Waals surface area (Å²) in [6.07, 6.45) is 6.13. The van der Waals surface area contributed by atoms with Gasteiger partial charge in [0.15, 0.2) is 0 Å². The maximum absolute atomic E-state index is 12.2. The van der Waals surface area contributed by atoms with Crippen LogP contribution in [-0.2, 0) is 9.59 Å². The third kappa shape index (κ3) is 4.05. The lowest BCUT2D eigenvalue weighted by molar-refractivity contribution is -0.135. The molecule has 6 heteroatoms. The van der Waals surface area contributed by atoms with Gasteiger partial charge in [0.05, 0.1) is 5.69 Å². The zero-order valence-electron chi connectivity index (χ0n) is 12.2. The van der Waals surface area contributed by atoms with Crippen molar-refractivity contribution in [3.8, 4) is 0 Å². The van der Waals surface area contributed by atoms with Crippen molar-refractivity contribution in [3.63, 3.8) is 0 Å². The van der Waals surface area contributed by atoms with E-state index in [9.17, 15) is 9.59 Å². The van der Waals surface area contributed by atoms with Gasteiger partial charge in [-0.1, -0.05) is 30.4 Å². The summed E-state index contributed by atoms with van der Waals surface area (Å²) in [6, 6.07) is 7.16. The Bertz CT molecular complexity index is 675. The number of nitrogens with one attached hydrogen (secondary N) is 2. The summed E-state index contributed by atoms with van der Waals surface area (Å²) in [5.41, 5.74) is 2.33. The van der Waals surface area contributed by atoms with E-state index in [2.05, 4.69) is 15.6 Å². The monoisotopic (exact) mass is 299 g/mol. The Balaban J connectivity index is 2.18. The normalized spacial score (nSPS) is 14.0. The standard InChI is InChI=1S/C16H17N3O3/c1-11(18-10-15(20)21)12-6-2-3-7-13(12)19-16(22)14-8-4-5-9-17-14/h2-3,5-9,17H,4,10H2,1H3,(H,19,22)(H,20,21). The molecule has 0 aromatic heterocycles. The van der Waals surface area contributed by atoms with Gasteiger partial charge >= 0.3 is 5.97 Å². The molecule has 1 aliphatic rings. The van der Waals surface area contributed by atoms with Crippen LogP contribution in [0.5, 0.6) is 0 Å². The number of carboxylic acids is 1. The number of hydrogen-bond acceptors (Lipinski definition) is 4. The fraction of sp³-hybridized carbons (Fsp3) is 0.188. The molecule has 0 bridgehead atoms. The first-order chi connectivity index (χ1) is 10.6. The second kappa shape index (κ2) is 7.21. The van der Waals surface area contributed by atoms with Crippen molar-refractivity contribution >= 4 is 23.3 Å². The van der Waals surface area contributed by atoms with Gasteiger partial charge in [0.2, 0.25) is 0 Å². The molecule has 6 nitrogen and oxygen atoms in total. The Morgan fingerprint density at radius 1 is 1.36 bits per heavy atom. The first kappa shape index (κ1) is 15.5. The average Bonchev–Trinajstić information content (AvgIpc) is 2.54. The number of benzene rings is 1. The molecule has 0 spiro atoms. The van der Waals surface area contributed by atoms with Crippen LogP contribution in [0.3, 0.4) is 0 Å². The largest absolute Gasteiger partial charge is 0.480 e. The van der Waals surface area contributed by atoms with Crippen molar-refractivity contribution < 1.29 is 14.7 Å². The number of hydrogen-bond donors (Lipinski definition) is 3. The number of carboxylic acid groups (broad SMARTS) is 1. The van der Waals surface area contributed by atoms with Crippen LogP contribution in [-0.4, -0.2) is 29.2 Å². The second-order valence-electron chi connectivity index (χ2n) is 4.70. The Morgan fingerprint density at radius 2 is 2.14 bits per heavy atom. The summed E-state index contributed by atoms with van der Waals surface area (Å²) in [7, 11) is 0. The molecule has 2 rings (SSSR count). The number of anilines is 1. The van der Waals surface area contributed by atoms with E-state index in [0.717, 1.165) is 0 Å². The maximum Gasteiger partial charge on any atom is 0.325 e. The van der Waals surface area contributed by atoms with Gasteiger partial charge in [-0.3, -0.25) is 14.6 Å². The fourth-order valence-corrected chi connectivity index (χ4v) is 1.99. The molecular formula is C16H17N3O3. The number of carbonyl (C=O) groups is 2. The first-order valence-electron chi connectivity index (χ1n) is 6.83. The highest BCUT2D eigenvalue weighted by Crippen LogP contribution is 2.17. The van der Waals surface area contributed by atoms with Crippen molar-refractivity contribution in [3.05, 3.63) is 53.9 Å². The number of carbonyl (C=O) groups excluding carboxylic acids is 1. The van der Waals surface area contributed by atoms with Gasteiger partial charge in [-0.2, -0.15) is 0 Å². The minimum absolute atomic E-state index is 0.247. The molecule has 0 radical (unpaired) electrons. The van der Waals surface area contributed by atoms with Crippen LogP contribution in [0.4, 0.5) is 5.69 Å². The maximum atomic E-state index is 12.2. The van der Waals surface area contributed by atoms with Crippen LogP contribution in [0.25, 0.3) is 0 Å². The molecule has 22 heavy (non-hydrogen) atoms. The Hall–Kier alpha value is -2.89. The minimum Gasteiger partial charge on any atom is -0.480 e. The number of rotatable bonds is 5. The van der Waals surface area contributed by atoms with Gasteiger partial charge < -0.3 is 15.7 Å². The molecule has 0 unspecified atom stereocenters. The third-order valence-electron chi connectivity index (χ3n) is 3.08. The zero-order valence-corrected chi connectivity index (χ0v) is 12.2. The lowest BCUT2D eigenvalue weighted by Crippen LogP contribution is -2.24. The smallest absolute Gasteiger partial charge is 0.325 e. The predicted octanol–water partition coefficient (Wildman–Crippen LogP) is 1.91. The molecule has 114 valence electrons. The number of aliphatic imine (C=N–C) groups is 1. The molecule has 1 aromatic carbocycles. The van der Waals surface area contributed by atoms with Gasteiger partial charge in [-0.25, -0.2) is 0 Å². The predicted molar refractivity (Wildman–Crippen MR) is 84.8 cm³/mol. The van der Waals surface area contributed by atoms with E-state index in [-0.39, 0.29) is 12.5 Å². The number of amides is 1. The van der Waals surface area contributed by atoms with E-state index < -0.39 is 5.97 Å². The van der Waals surface area contributed by atoms with E-state index in [1.807, 2.05) is 12.1 Å². The van der Waals surface area contributed by atoms with Gasteiger partial charge in [0.25, 0.3) is 5.91 Å². The fourth-order valence-electron chi connectivity index (χ4n) is 1.99. The second-order valence-corrected chi connectivity index (χ2v) is 4.70. The van der Waals surface area contributed by atoms with Gasteiger partial charge in [-0.05, 0) is 25.6 Å². The Labute approximate surface area is 128 Å².